The Kier molecular flexibility index (Phi) is 5.15. The molecule has 0 aliphatic rings. The van der Waals surface area contributed by atoms with E-state index in [0.29, 0.717) is 5.69 Å². The van der Waals surface area contributed by atoms with Gasteiger partial charge >= 0.3 is 0 Å². The van der Waals surface area contributed by atoms with Gasteiger partial charge in [-0.2, -0.15) is 5.10 Å². The fourth-order valence-electron chi connectivity index (χ4n) is 1.42. The minimum Gasteiger partial charge on any atom is -0.391 e. The second-order valence-corrected chi connectivity index (χ2v) is 4.29. The van der Waals surface area contributed by atoms with Crippen molar-refractivity contribution in [3.63, 3.8) is 0 Å². The number of H-pyrrole nitrogens is 1. The summed E-state index contributed by atoms with van der Waals surface area (Å²) in [6.45, 7) is 6.22. The number of rotatable bonds is 6. The van der Waals surface area contributed by atoms with E-state index in [2.05, 4.69) is 15.5 Å². The summed E-state index contributed by atoms with van der Waals surface area (Å²) in [5.74, 6) is -0.0658. The topological polar surface area (TPSA) is 78.0 Å². The number of aliphatic hydroxyl groups excluding tert-OH is 1. The summed E-state index contributed by atoms with van der Waals surface area (Å²) in [7, 11) is 0. The summed E-state index contributed by atoms with van der Waals surface area (Å²) >= 11 is 0. The molecule has 17 heavy (non-hydrogen) atoms. The quantitative estimate of drug-likeness (QED) is 0.696. The zero-order valence-electron chi connectivity index (χ0n) is 10.7. The summed E-state index contributed by atoms with van der Waals surface area (Å²) in [4.78, 5) is 11.7. The highest BCUT2D eigenvalue weighted by atomic mass is 16.3. The van der Waals surface area contributed by atoms with E-state index in [0.717, 1.165) is 18.5 Å². The SMILES string of the molecule is CCc1cc(C(=O)NCC(O)C(C)CC)n[nH]1. The second-order valence-electron chi connectivity index (χ2n) is 4.29. The van der Waals surface area contributed by atoms with Crippen molar-refractivity contribution in [1.82, 2.24) is 15.5 Å². The number of hydrogen-bond acceptors (Lipinski definition) is 3. The molecule has 1 heterocycles. The van der Waals surface area contributed by atoms with Crippen LogP contribution in [-0.4, -0.2) is 33.9 Å². The maximum Gasteiger partial charge on any atom is 0.271 e. The Bertz CT molecular complexity index is 362. The first-order valence-corrected chi connectivity index (χ1v) is 6.09. The molecule has 0 saturated heterocycles. The lowest BCUT2D eigenvalue weighted by Gasteiger charge is -2.17. The van der Waals surface area contributed by atoms with Gasteiger partial charge < -0.3 is 10.4 Å². The summed E-state index contributed by atoms with van der Waals surface area (Å²) in [5, 5.41) is 19.1. The maximum absolute atomic E-state index is 11.7. The monoisotopic (exact) mass is 239 g/mol. The highest BCUT2D eigenvalue weighted by Gasteiger charge is 2.15. The van der Waals surface area contributed by atoms with Crippen LogP contribution >= 0.6 is 0 Å². The average Bonchev–Trinajstić information content (AvgIpc) is 2.83. The molecule has 2 unspecified atom stereocenters. The summed E-state index contributed by atoms with van der Waals surface area (Å²) in [5.41, 5.74) is 1.30. The molecule has 5 nitrogen and oxygen atoms in total. The van der Waals surface area contributed by atoms with Gasteiger partial charge in [0.05, 0.1) is 6.10 Å². The minimum absolute atomic E-state index is 0.181. The molecule has 0 radical (unpaired) electrons. The molecular formula is C12H21N3O2. The van der Waals surface area contributed by atoms with Crippen LogP contribution in [0.4, 0.5) is 0 Å². The van der Waals surface area contributed by atoms with E-state index >= 15 is 0 Å². The third kappa shape index (κ3) is 3.85. The van der Waals surface area contributed by atoms with E-state index in [1.165, 1.54) is 0 Å². The van der Waals surface area contributed by atoms with Crippen molar-refractivity contribution >= 4 is 5.91 Å². The number of nitrogens with one attached hydrogen (secondary N) is 2. The second kappa shape index (κ2) is 6.39. The molecule has 0 aromatic carbocycles. The van der Waals surface area contributed by atoms with E-state index in [1.807, 2.05) is 20.8 Å². The van der Waals surface area contributed by atoms with Crippen LogP contribution < -0.4 is 5.32 Å². The smallest absolute Gasteiger partial charge is 0.271 e. The van der Waals surface area contributed by atoms with Gasteiger partial charge in [-0.05, 0) is 18.4 Å². The molecule has 96 valence electrons. The Morgan fingerprint density at radius 1 is 1.59 bits per heavy atom. The van der Waals surface area contributed by atoms with E-state index in [1.54, 1.807) is 6.07 Å². The van der Waals surface area contributed by atoms with Gasteiger partial charge in [0.25, 0.3) is 5.91 Å². The zero-order valence-corrected chi connectivity index (χ0v) is 10.7. The number of carbonyl (C=O) groups is 1. The Morgan fingerprint density at radius 2 is 2.29 bits per heavy atom. The molecule has 5 heteroatoms. The van der Waals surface area contributed by atoms with Crippen LogP contribution in [0.3, 0.4) is 0 Å². The van der Waals surface area contributed by atoms with Crippen molar-refractivity contribution in [2.75, 3.05) is 6.54 Å². The van der Waals surface area contributed by atoms with E-state index < -0.39 is 6.10 Å². The van der Waals surface area contributed by atoms with Gasteiger partial charge in [-0.1, -0.05) is 27.2 Å². The predicted octanol–water partition coefficient (Wildman–Crippen LogP) is 1.11. The lowest BCUT2D eigenvalue weighted by atomic mass is 10.0. The highest BCUT2D eigenvalue weighted by Crippen LogP contribution is 2.06. The summed E-state index contributed by atoms with van der Waals surface area (Å²) in [6, 6.07) is 1.73. The number of aryl methyl sites for hydroxylation is 1. The molecule has 1 aromatic heterocycles. The van der Waals surface area contributed by atoms with Gasteiger partial charge in [-0.3, -0.25) is 9.89 Å². The highest BCUT2D eigenvalue weighted by molar-refractivity contribution is 5.92. The number of aliphatic hydroxyl groups is 1. The van der Waals surface area contributed by atoms with Crippen molar-refractivity contribution < 1.29 is 9.90 Å². The van der Waals surface area contributed by atoms with Gasteiger partial charge in [0.2, 0.25) is 0 Å². The third-order valence-electron chi connectivity index (χ3n) is 3.02. The molecule has 0 aliphatic carbocycles. The normalized spacial score (nSPS) is 14.4. The molecule has 3 N–H and O–H groups in total. The van der Waals surface area contributed by atoms with Gasteiger partial charge in [0, 0.05) is 12.2 Å². The van der Waals surface area contributed by atoms with E-state index in [-0.39, 0.29) is 18.4 Å². The molecule has 1 rings (SSSR count). The third-order valence-corrected chi connectivity index (χ3v) is 3.02. The first-order valence-electron chi connectivity index (χ1n) is 6.09. The Hall–Kier alpha value is -1.36. The minimum atomic E-state index is -0.506. The van der Waals surface area contributed by atoms with Crippen LogP contribution in [0.2, 0.25) is 0 Å². The van der Waals surface area contributed by atoms with Crippen molar-refractivity contribution in [3.8, 4) is 0 Å². The van der Waals surface area contributed by atoms with Crippen LogP contribution in [-0.2, 0) is 6.42 Å². The fourth-order valence-corrected chi connectivity index (χ4v) is 1.42. The number of aromatic nitrogens is 2. The van der Waals surface area contributed by atoms with Crippen LogP contribution in [0.5, 0.6) is 0 Å². The lowest BCUT2D eigenvalue weighted by molar-refractivity contribution is 0.0846. The number of carbonyl (C=O) groups excluding carboxylic acids is 1. The molecule has 0 spiro atoms. The maximum atomic E-state index is 11.7. The van der Waals surface area contributed by atoms with Crippen molar-refractivity contribution in [1.29, 1.82) is 0 Å². The zero-order chi connectivity index (χ0) is 12.8. The van der Waals surface area contributed by atoms with Crippen molar-refractivity contribution in [3.05, 3.63) is 17.5 Å². The molecule has 0 bridgehead atoms. The molecule has 2 atom stereocenters. The molecule has 0 fully saturated rings. The first-order chi connectivity index (χ1) is 8.08. The summed E-state index contributed by atoms with van der Waals surface area (Å²) < 4.78 is 0. The number of amides is 1. The number of aromatic amines is 1. The molecule has 1 amide bonds. The van der Waals surface area contributed by atoms with Gasteiger partial charge in [-0.25, -0.2) is 0 Å². The summed E-state index contributed by atoms with van der Waals surface area (Å²) in [6.07, 6.45) is 1.20. The predicted molar refractivity (Wildman–Crippen MR) is 65.8 cm³/mol. The van der Waals surface area contributed by atoms with Gasteiger partial charge in [-0.15, -0.1) is 0 Å². The van der Waals surface area contributed by atoms with E-state index in [4.69, 9.17) is 0 Å². The molecule has 1 aromatic rings. The average molecular weight is 239 g/mol. The van der Waals surface area contributed by atoms with Crippen LogP contribution in [0, 0.1) is 5.92 Å². The van der Waals surface area contributed by atoms with Crippen molar-refractivity contribution in [2.24, 2.45) is 5.92 Å². The molecule has 0 saturated carbocycles. The Balaban J connectivity index is 2.44. The molecular weight excluding hydrogens is 218 g/mol. The lowest BCUT2D eigenvalue weighted by Crippen LogP contribution is -2.35. The Morgan fingerprint density at radius 3 is 2.82 bits per heavy atom. The number of nitrogens with zero attached hydrogens (tertiary/aromatic N) is 1. The van der Waals surface area contributed by atoms with Gasteiger partial charge in [0.15, 0.2) is 0 Å². The van der Waals surface area contributed by atoms with Gasteiger partial charge in [0.1, 0.15) is 5.69 Å². The fraction of sp³-hybridized carbons (Fsp3) is 0.667. The molecule has 0 aliphatic heterocycles. The van der Waals surface area contributed by atoms with Crippen LogP contribution in [0.25, 0.3) is 0 Å². The largest absolute Gasteiger partial charge is 0.391 e. The van der Waals surface area contributed by atoms with Crippen molar-refractivity contribution in [2.45, 2.75) is 39.7 Å². The standard InChI is InChI=1S/C12H21N3O2/c1-4-8(3)11(16)7-13-12(17)10-6-9(5-2)14-15-10/h6,8,11,16H,4-5,7H2,1-3H3,(H,13,17)(H,14,15). The van der Waals surface area contributed by atoms with Crippen LogP contribution in [0.15, 0.2) is 6.07 Å². The van der Waals surface area contributed by atoms with E-state index in [9.17, 15) is 9.90 Å². The first kappa shape index (κ1) is 13.7. The number of hydrogen-bond donors (Lipinski definition) is 3. The Labute approximate surface area is 102 Å². The van der Waals surface area contributed by atoms with Crippen LogP contribution in [0.1, 0.15) is 43.4 Å².